The zero-order valence-electron chi connectivity index (χ0n) is 4.62. The van der Waals surface area contributed by atoms with Crippen LogP contribution in [0.1, 0.15) is 6.92 Å². The van der Waals surface area contributed by atoms with Crippen LogP contribution in [0.3, 0.4) is 0 Å². The van der Waals surface area contributed by atoms with Crippen molar-refractivity contribution in [3.8, 4) is 0 Å². The molecule has 1 heterocycles. The molecular formula is C4H8O3S. The molecule has 0 spiro atoms. The van der Waals surface area contributed by atoms with Crippen molar-refractivity contribution in [2.45, 2.75) is 6.92 Å². The standard InChI is InChI=1S/C4H8O3S/c1-2-8(5)6-3-4-7-8/h2H,3-4H2,1H3. The lowest BCUT2D eigenvalue weighted by Gasteiger charge is -1.94. The van der Waals surface area contributed by atoms with E-state index in [2.05, 4.69) is 0 Å². The summed E-state index contributed by atoms with van der Waals surface area (Å²) in [7, 11) is -2.42. The van der Waals surface area contributed by atoms with Gasteiger partial charge in [-0.05, 0) is 6.92 Å². The van der Waals surface area contributed by atoms with Crippen molar-refractivity contribution < 1.29 is 12.6 Å². The molecule has 8 heavy (non-hydrogen) atoms. The molecule has 0 aromatic rings. The lowest BCUT2D eigenvalue weighted by molar-refractivity contribution is 0.365. The highest BCUT2D eigenvalue weighted by Crippen LogP contribution is 2.04. The normalized spacial score (nSPS) is 25.6. The van der Waals surface area contributed by atoms with Crippen LogP contribution < -0.4 is 0 Å². The summed E-state index contributed by atoms with van der Waals surface area (Å²) in [6, 6.07) is 0. The van der Waals surface area contributed by atoms with E-state index in [9.17, 15) is 4.21 Å². The molecule has 3 nitrogen and oxygen atoms in total. The summed E-state index contributed by atoms with van der Waals surface area (Å²) >= 11 is 0. The van der Waals surface area contributed by atoms with E-state index in [-0.39, 0.29) is 0 Å². The fourth-order valence-corrected chi connectivity index (χ4v) is 1.41. The molecule has 0 aromatic carbocycles. The summed E-state index contributed by atoms with van der Waals surface area (Å²) in [5.41, 5.74) is 0. The predicted molar refractivity (Wildman–Crippen MR) is 31.8 cm³/mol. The van der Waals surface area contributed by atoms with Crippen LogP contribution in [0.15, 0.2) is 0 Å². The second-order valence-corrected chi connectivity index (χ2v) is 3.30. The Morgan fingerprint density at radius 2 is 2.00 bits per heavy atom. The van der Waals surface area contributed by atoms with Gasteiger partial charge in [-0.3, -0.25) is 8.37 Å². The molecule has 0 radical (unpaired) electrons. The molecule has 0 unspecified atom stereocenters. The Kier molecular flexibility index (Phi) is 1.55. The monoisotopic (exact) mass is 136 g/mol. The molecule has 48 valence electrons. The minimum atomic E-state index is -2.42. The minimum Gasteiger partial charge on any atom is -0.276 e. The van der Waals surface area contributed by atoms with Crippen molar-refractivity contribution >= 4 is 15.5 Å². The summed E-state index contributed by atoms with van der Waals surface area (Å²) in [5, 5.41) is 1.44. The first kappa shape index (κ1) is 6.07. The second-order valence-electron chi connectivity index (χ2n) is 1.37. The van der Waals surface area contributed by atoms with E-state index in [0.717, 1.165) is 0 Å². The van der Waals surface area contributed by atoms with Crippen molar-refractivity contribution in [1.29, 1.82) is 0 Å². The van der Waals surface area contributed by atoms with Crippen molar-refractivity contribution in [3.63, 3.8) is 0 Å². The molecule has 0 bridgehead atoms. The van der Waals surface area contributed by atoms with E-state index in [0.29, 0.717) is 13.2 Å². The van der Waals surface area contributed by atoms with E-state index in [4.69, 9.17) is 8.37 Å². The maximum atomic E-state index is 10.9. The number of hydrogen-bond acceptors (Lipinski definition) is 3. The third kappa shape index (κ3) is 1.02. The minimum absolute atomic E-state index is 0.448. The summed E-state index contributed by atoms with van der Waals surface area (Å²) < 4.78 is 20.3. The van der Waals surface area contributed by atoms with Crippen molar-refractivity contribution in [1.82, 2.24) is 0 Å². The van der Waals surface area contributed by atoms with E-state index in [1.807, 2.05) is 0 Å². The maximum absolute atomic E-state index is 10.9. The van der Waals surface area contributed by atoms with E-state index in [1.54, 1.807) is 6.92 Å². The van der Waals surface area contributed by atoms with Crippen molar-refractivity contribution in [3.05, 3.63) is 0 Å². The van der Waals surface area contributed by atoms with Gasteiger partial charge in [-0.1, -0.05) is 0 Å². The largest absolute Gasteiger partial charge is 0.276 e. The highest BCUT2D eigenvalue weighted by molar-refractivity contribution is 7.92. The first-order valence-corrected chi connectivity index (χ1v) is 3.86. The first-order chi connectivity index (χ1) is 3.77. The van der Waals surface area contributed by atoms with Gasteiger partial charge in [0.05, 0.1) is 13.2 Å². The lowest BCUT2D eigenvalue weighted by atomic mass is 10.8. The molecule has 1 aliphatic heterocycles. The molecule has 0 saturated carbocycles. The third-order valence-electron chi connectivity index (χ3n) is 0.867. The van der Waals surface area contributed by atoms with Gasteiger partial charge in [0.2, 0.25) is 10.1 Å². The number of hydrogen-bond donors (Lipinski definition) is 0. The molecule has 0 aromatic heterocycles. The maximum Gasteiger partial charge on any atom is 0.201 e. The van der Waals surface area contributed by atoms with Gasteiger partial charge >= 0.3 is 0 Å². The molecule has 1 fully saturated rings. The van der Waals surface area contributed by atoms with Gasteiger partial charge in [0.1, 0.15) is 0 Å². The van der Waals surface area contributed by atoms with Crippen LogP contribution in [0, 0.1) is 0 Å². The van der Waals surface area contributed by atoms with Gasteiger partial charge in [-0.15, -0.1) is 0 Å². The Bertz CT molecular complexity index is 166. The molecule has 1 aliphatic rings. The van der Waals surface area contributed by atoms with E-state index in [1.165, 1.54) is 5.37 Å². The van der Waals surface area contributed by atoms with Gasteiger partial charge in [-0.2, -0.15) is 0 Å². The summed E-state index contributed by atoms with van der Waals surface area (Å²) in [5.74, 6) is 0. The molecule has 0 amide bonds. The predicted octanol–water partition coefficient (Wildman–Crippen LogP) is -0.0303. The zero-order chi connectivity index (χ0) is 6.04. The van der Waals surface area contributed by atoms with Crippen LogP contribution in [-0.4, -0.2) is 22.8 Å². The molecule has 1 rings (SSSR count). The van der Waals surface area contributed by atoms with Gasteiger partial charge < -0.3 is 0 Å². The SMILES string of the molecule is CC=S1(=O)OCCO1. The van der Waals surface area contributed by atoms with Crippen molar-refractivity contribution in [2.24, 2.45) is 0 Å². The quantitative estimate of drug-likeness (QED) is 0.439. The zero-order valence-corrected chi connectivity index (χ0v) is 5.44. The first-order valence-electron chi connectivity index (χ1n) is 2.39. The highest BCUT2D eigenvalue weighted by Gasteiger charge is 2.12. The topological polar surface area (TPSA) is 35.5 Å². The molecule has 4 heteroatoms. The van der Waals surface area contributed by atoms with E-state index < -0.39 is 10.1 Å². The third-order valence-corrected chi connectivity index (χ3v) is 2.43. The second kappa shape index (κ2) is 2.05. The highest BCUT2D eigenvalue weighted by atomic mass is 32.2. The Labute approximate surface area is 49.0 Å². The average Bonchev–Trinajstić information content (AvgIpc) is 2.17. The molecule has 1 saturated heterocycles. The van der Waals surface area contributed by atoms with Gasteiger partial charge in [0.25, 0.3) is 0 Å². The Morgan fingerprint density at radius 1 is 1.50 bits per heavy atom. The fourth-order valence-electron chi connectivity index (χ4n) is 0.470. The molecule has 0 N–H and O–H groups in total. The van der Waals surface area contributed by atoms with Gasteiger partial charge in [-0.25, -0.2) is 4.21 Å². The Hall–Kier alpha value is -0.0600. The van der Waals surface area contributed by atoms with E-state index >= 15 is 0 Å². The van der Waals surface area contributed by atoms with Crippen LogP contribution in [0.2, 0.25) is 0 Å². The average molecular weight is 136 g/mol. The molecule has 0 aliphatic carbocycles. The molecular weight excluding hydrogens is 128 g/mol. The van der Waals surface area contributed by atoms with Crippen LogP contribution >= 0.6 is 0 Å². The smallest absolute Gasteiger partial charge is 0.201 e. The van der Waals surface area contributed by atoms with Gasteiger partial charge in [0.15, 0.2) is 0 Å². The summed E-state index contributed by atoms with van der Waals surface area (Å²) in [6.45, 7) is 2.56. The van der Waals surface area contributed by atoms with Crippen molar-refractivity contribution in [2.75, 3.05) is 13.2 Å². The van der Waals surface area contributed by atoms with Crippen LogP contribution in [-0.2, 0) is 18.4 Å². The summed E-state index contributed by atoms with van der Waals surface area (Å²) in [4.78, 5) is 0. The number of rotatable bonds is 0. The van der Waals surface area contributed by atoms with Crippen LogP contribution in [0.4, 0.5) is 0 Å². The van der Waals surface area contributed by atoms with Crippen LogP contribution in [0.5, 0.6) is 0 Å². The Morgan fingerprint density at radius 3 is 2.25 bits per heavy atom. The van der Waals surface area contributed by atoms with Gasteiger partial charge in [0, 0.05) is 5.37 Å². The molecule has 0 atom stereocenters. The lowest BCUT2D eigenvalue weighted by Crippen LogP contribution is -1.99. The Balaban J connectivity index is 2.84. The van der Waals surface area contributed by atoms with Crippen LogP contribution in [0.25, 0.3) is 0 Å². The fraction of sp³-hybridized carbons (Fsp3) is 0.750. The summed E-state index contributed by atoms with van der Waals surface area (Å²) in [6.07, 6.45) is 0.